The maximum Gasteiger partial charge on any atom is 0.260 e. The van der Waals surface area contributed by atoms with Crippen molar-refractivity contribution in [2.45, 2.75) is 58.5 Å². The summed E-state index contributed by atoms with van der Waals surface area (Å²) in [7, 11) is 2.16. The largest absolute Gasteiger partial charge is 0.369 e. The van der Waals surface area contributed by atoms with Gasteiger partial charge in [0.1, 0.15) is 5.65 Å². The van der Waals surface area contributed by atoms with Crippen LogP contribution in [0.4, 0.5) is 17.3 Å². The number of carbonyl (C=O) groups is 1. The van der Waals surface area contributed by atoms with Crippen molar-refractivity contribution in [3.63, 3.8) is 0 Å². The minimum atomic E-state index is -0.108. The molecule has 6 rings (SSSR count). The molecule has 3 heterocycles. The third-order valence-electron chi connectivity index (χ3n) is 9.12. The number of nitrogens with zero attached hydrogens (tertiary/aromatic N) is 5. The molecule has 10 heteroatoms. The van der Waals surface area contributed by atoms with Crippen molar-refractivity contribution in [1.29, 1.82) is 0 Å². The highest BCUT2D eigenvalue weighted by Gasteiger charge is 2.28. The van der Waals surface area contributed by atoms with Crippen LogP contribution in [0.1, 0.15) is 49.8 Å². The van der Waals surface area contributed by atoms with E-state index in [9.17, 15) is 9.59 Å². The third kappa shape index (κ3) is 6.03. The number of halogens is 1. The number of piperazine rings is 1. The third-order valence-corrected chi connectivity index (χ3v) is 9.45. The molecule has 9 nitrogen and oxygen atoms in total. The minimum Gasteiger partial charge on any atom is -0.369 e. The van der Waals surface area contributed by atoms with Crippen LogP contribution in [0.15, 0.2) is 53.5 Å². The van der Waals surface area contributed by atoms with Crippen molar-refractivity contribution in [3.8, 4) is 11.1 Å². The highest BCUT2D eigenvalue weighted by atomic mass is 35.5. The number of hydrogen-bond donors (Lipinski definition) is 2. The van der Waals surface area contributed by atoms with Gasteiger partial charge in [-0.05, 0) is 82.0 Å². The molecule has 44 heavy (non-hydrogen) atoms. The van der Waals surface area contributed by atoms with Crippen LogP contribution in [0.3, 0.4) is 0 Å². The van der Waals surface area contributed by atoms with Gasteiger partial charge in [0.2, 0.25) is 11.9 Å². The summed E-state index contributed by atoms with van der Waals surface area (Å²) in [5.41, 5.74) is 5.92. The maximum atomic E-state index is 14.4. The number of anilines is 3. The van der Waals surface area contributed by atoms with Crippen LogP contribution >= 0.6 is 11.6 Å². The molecule has 2 fully saturated rings. The van der Waals surface area contributed by atoms with Crippen molar-refractivity contribution >= 4 is 45.9 Å². The average Bonchev–Trinajstić information content (AvgIpc) is 2.99. The van der Waals surface area contributed by atoms with Crippen LogP contribution < -0.4 is 21.1 Å². The zero-order valence-electron chi connectivity index (χ0n) is 25.9. The van der Waals surface area contributed by atoms with E-state index in [-0.39, 0.29) is 23.6 Å². The number of pyridine rings is 1. The van der Waals surface area contributed by atoms with E-state index in [1.807, 2.05) is 42.0 Å². The van der Waals surface area contributed by atoms with Crippen molar-refractivity contribution < 1.29 is 4.79 Å². The molecule has 1 amide bonds. The Morgan fingerprint density at radius 1 is 1.00 bits per heavy atom. The van der Waals surface area contributed by atoms with Crippen molar-refractivity contribution in [2.24, 2.45) is 0 Å². The van der Waals surface area contributed by atoms with Crippen molar-refractivity contribution in [1.82, 2.24) is 24.8 Å². The van der Waals surface area contributed by atoms with E-state index < -0.39 is 0 Å². The van der Waals surface area contributed by atoms with Crippen LogP contribution in [-0.2, 0) is 4.79 Å². The molecule has 1 saturated heterocycles. The smallest absolute Gasteiger partial charge is 0.260 e. The fraction of sp³-hybridized carbons (Fsp3) is 0.412. The molecule has 230 valence electrons. The van der Waals surface area contributed by atoms with E-state index >= 15 is 0 Å². The van der Waals surface area contributed by atoms with E-state index in [2.05, 4.69) is 52.6 Å². The lowest BCUT2D eigenvalue weighted by atomic mass is 9.90. The lowest BCUT2D eigenvalue weighted by Gasteiger charge is -2.35. The van der Waals surface area contributed by atoms with E-state index in [0.717, 1.165) is 68.5 Å². The number of aryl methyl sites for hydroxylation is 2. The van der Waals surface area contributed by atoms with Crippen molar-refractivity contribution in [3.05, 3.63) is 75.2 Å². The lowest BCUT2D eigenvalue weighted by Crippen LogP contribution is -2.44. The molecule has 1 aliphatic heterocycles. The fourth-order valence-corrected chi connectivity index (χ4v) is 6.97. The maximum absolute atomic E-state index is 14.4. The molecule has 0 bridgehead atoms. The minimum absolute atomic E-state index is 0.0253. The van der Waals surface area contributed by atoms with Gasteiger partial charge in [0, 0.05) is 78.7 Å². The summed E-state index contributed by atoms with van der Waals surface area (Å²) < 4.78 is 1.85. The first-order chi connectivity index (χ1) is 21.2. The van der Waals surface area contributed by atoms with Gasteiger partial charge < -0.3 is 20.4 Å². The molecule has 2 aliphatic rings. The van der Waals surface area contributed by atoms with Gasteiger partial charge in [-0.2, -0.15) is 4.98 Å². The summed E-state index contributed by atoms with van der Waals surface area (Å²) >= 11 is 6.62. The molecular weight excluding hydrogens is 574 g/mol. The normalized spacial score (nSPS) is 19.2. The van der Waals surface area contributed by atoms with Gasteiger partial charge in [0.25, 0.3) is 5.56 Å². The Balaban J connectivity index is 1.38. The Bertz CT molecular complexity index is 1760. The summed E-state index contributed by atoms with van der Waals surface area (Å²) in [4.78, 5) is 40.5. The summed E-state index contributed by atoms with van der Waals surface area (Å²) in [5.74, 6) is 0.414. The molecule has 0 spiro atoms. The van der Waals surface area contributed by atoms with Crippen LogP contribution in [0, 0.1) is 13.8 Å². The number of fused-ring (bicyclic) bond motifs is 1. The van der Waals surface area contributed by atoms with Gasteiger partial charge in [-0.3, -0.25) is 14.2 Å². The second-order valence-electron chi connectivity index (χ2n) is 12.2. The van der Waals surface area contributed by atoms with Crippen LogP contribution in [0.25, 0.3) is 22.2 Å². The Morgan fingerprint density at radius 3 is 2.41 bits per heavy atom. The first-order valence-corrected chi connectivity index (χ1v) is 15.8. The standard InChI is InChI=1S/C34H40ClN7O2/c1-21-19-25(11-14-30(21)41-17-15-40(4)16-18-41)38-34-36-20-28-22(2)31(27-7-5-6-8-29(27)35)33(44)42(32(28)39-34)26-12-9-24(10-13-26)37-23(3)43/h5-8,11,14,19-20,24,26H,9-10,12-13,15-18H2,1-4H3,(H,37,43)(H,36,38,39)/t24-,26-. The summed E-state index contributed by atoms with van der Waals surface area (Å²) in [6.07, 6.45) is 4.91. The number of nitrogens with one attached hydrogen (secondary N) is 2. The van der Waals surface area contributed by atoms with E-state index in [4.69, 9.17) is 21.6 Å². The zero-order chi connectivity index (χ0) is 31.0. The van der Waals surface area contributed by atoms with Crippen LogP contribution in [-0.4, -0.2) is 64.6 Å². The Morgan fingerprint density at radius 2 is 1.73 bits per heavy atom. The summed E-state index contributed by atoms with van der Waals surface area (Å²) in [5, 5.41) is 7.78. The number of benzene rings is 2. The van der Waals surface area contributed by atoms with Crippen LogP contribution in [0.2, 0.25) is 5.02 Å². The van der Waals surface area contributed by atoms with Gasteiger partial charge in [0.15, 0.2) is 0 Å². The first kappa shape index (κ1) is 30.1. The van der Waals surface area contributed by atoms with E-state index in [1.54, 1.807) is 6.92 Å². The topological polar surface area (TPSA) is 95.4 Å². The van der Waals surface area contributed by atoms with Crippen LogP contribution in [0.5, 0.6) is 0 Å². The fourth-order valence-electron chi connectivity index (χ4n) is 6.74. The average molecular weight is 614 g/mol. The predicted molar refractivity (Wildman–Crippen MR) is 178 cm³/mol. The van der Waals surface area contributed by atoms with Crippen molar-refractivity contribution in [2.75, 3.05) is 43.4 Å². The second kappa shape index (κ2) is 12.6. The lowest BCUT2D eigenvalue weighted by molar-refractivity contribution is -0.119. The van der Waals surface area contributed by atoms with Gasteiger partial charge in [-0.15, -0.1) is 0 Å². The molecule has 2 aromatic heterocycles. The molecule has 0 atom stereocenters. The highest BCUT2D eigenvalue weighted by Crippen LogP contribution is 2.35. The van der Waals surface area contributed by atoms with Gasteiger partial charge >= 0.3 is 0 Å². The highest BCUT2D eigenvalue weighted by molar-refractivity contribution is 6.33. The number of amides is 1. The molecule has 2 aromatic carbocycles. The molecule has 0 unspecified atom stereocenters. The molecule has 2 N–H and O–H groups in total. The molecule has 0 radical (unpaired) electrons. The SMILES string of the molecule is CC(=O)N[C@H]1CC[C@H](n2c(=O)c(-c3ccccc3Cl)c(C)c3cnc(Nc4ccc(N5CCN(C)CC5)c(C)c4)nc32)CC1. The summed E-state index contributed by atoms with van der Waals surface area (Å²) in [6, 6.07) is 13.9. The second-order valence-corrected chi connectivity index (χ2v) is 12.6. The molecule has 1 saturated carbocycles. The summed E-state index contributed by atoms with van der Waals surface area (Å²) in [6.45, 7) is 9.76. The predicted octanol–water partition coefficient (Wildman–Crippen LogP) is 5.84. The zero-order valence-corrected chi connectivity index (χ0v) is 26.6. The van der Waals surface area contributed by atoms with E-state index in [1.165, 1.54) is 11.3 Å². The Kier molecular flexibility index (Phi) is 8.60. The quantitative estimate of drug-likeness (QED) is 0.282. The number of rotatable bonds is 6. The van der Waals surface area contributed by atoms with Gasteiger partial charge in [-0.25, -0.2) is 4.98 Å². The molecule has 4 aromatic rings. The van der Waals surface area contributed by atoms with Gasteiger partial charge in [-0.1, -0.05) is 29.8 Å². The van der Waals surface area contributed by atoms with Gasteiger partial charge in [0.05, 0.1) is 5.56 Å². The number of likely N-dealkylation sites (N-methyl/N-ethyl adjacent to an activating group) is 1. The molecule has 1 aliphatic carbocycles. The first-order valence-electron chi connectivity index (χ1n) is 15.4. The monoisotopic (exact) mass is 613 g/mol. The Labute approximate surface area is 263 Å². The van der Waals surface area contributed by atoms with E-state index in [0.29, 0.717) is 27.7 Å². The number of hydrogen-bond acceptors (Lipinski definition) is 7. The number of aromatic nitrogens is 3. The molecular formula is C34H40ClN7O2. The Hall–Kier alpha value is -3.95. The number of carbonyl (C=O) groups excluding carboxylic acids is 1.